The lowest BCUT2D eigenvalue weighted by Crippen LogP contribution is -2.51. The van der Waals surface area contributed by atoms with Crippen LogP contribution in [0.5, 0.6) is 0 Å². The molecule has 1 aromatic carbocycles. The number of benzene rings is 1. The Hall–Kier alpha value is -1.68. The second kappa shape index (κ2) is 6.66. The van der Waals surface area contributed by atoms with Gasteiger partial charge in [-0.1, -0.05) is 45.0 Å². The predicted octanol–water partition coefficient (Wildman–Crippen LogP) is 1.59. The van der Waals surface area contributed by atoms with Gasteiger partial charge in [0, 0.05) is 0 Å². The van der Waals surface area contributed by atoms with E-state index in [0.717, 1.165) is 17.4 Å². The standard InChI is InChI=1S/C16H24N2O2/c1-11-7-5-6-8-12(11)9-13(17)15(20)18-14(10-19)16(2,3)4/h5-8,10,13-14H,9,17H2,1-4H3,(H,18,20)/t13-,14+/m0/s1. The van der Waals surface area contributed by atoms with E-state index in [-0.39, 0.29) is 11.3 Å². The summed E-state index contributed by atoms with van der Waals surface area (Å²) in [6.07, 6.45) is 1.23. The number of carbonyl (C=O) groups excluding carboxylic acids is 2. The van der Waals surface area contributed by atoms with Gasteiger partial charge in [0.25, 0.3) is 0 Å². The van der Waals surface area contributed by atoms with E-state index in [4.69, 9.17) is 5.73 Å². The average molecular weight is 276 g/mol. The maximum atomic E-state index is 12.1. The lowest BCUT2D eigenvalue weighted by atomic mass is 9.87. The van der Waals surface area contributed by atoms with Crippen LogP contribution in [0.2, 0.25) is 0 Å². The quantitative estimate of drug-likeness (QED) is 0.802. The molecule has 0 aliphatic heterocycles. The molecule has 3 N–H and O–H groups in total. The molecule has 0 spiro atoms. The van der Waals surface area contributed by atoms with E-state index in [9.17, 15) is 9.59 Å². The summed E-state index contributed by atoms with van der Waals surface area (Å²) < 4.78 is 0. The van der Waals surface area contributed by atoms with Crippen LogP contribution in [0.15, 0.2) is 24.3 Å². The van der Waals surface area contributed by atoms with E-state index in [1.54, 1.807) is 0 Å². The zero-order valence-electron chi connectivity index (χ0n) is 12.6. The third-order valence-corrected chi connectivity index (χ3v) is 3.40. The third kappa shape index (κ3) is 4.46. The number of hydrogen-bond donors (Lipinski definition) is 2. The normalized spacial score (nSPS) is 14.4. The summed E-state index contributed by atoms with van der Waals surface area (Å²) in [6.45, 7) is 7.70. The molecule has 0 heterocycles. The number of aldehydes is 1. The number of amides is 1. The van der Waals surface area contributed by atoms with Gasteiger partial charge >= 0.3 is 0 Å². The first-order valence-electron chi connectivity index (χ1n) is 6.81. The zero-order chi connectivity index (χ0) is 15.3. The largest absolute Gasteiger partial charge is 0.345 e. The Kier molecular flexibility index (Phi) is 5.45. The van der Waals surface area contributed by atoms with E-state index in [0.29, 0.717) is 6.42 Å². The highest BCUT2D eigenvalue weighted by molar-refractivity contribution is 5.84. The summed E-state index contributed by atoms with van der Waals surface area (Å²) in [7, 11) is 0. The van der Waals surface area contributed by atoms with Crippen LogP contribution < -0.4 is 11.1 Å². The van der Waals surface area contributed by atoms with Gasteiger partial charge in [-0.3, -0.25) is 4.79 Å². The van der Waals surface area contributed by atoms with Crippen LogP contribution in [0.25, 0.3) is 0 Å². The molecule has 0 aromatic heterocycles. The zero-order valence-corrected chi connectivity index (χ0v) is 12.6. The number of hydrogen-bond acceptors (Lipinski definition) is 3. The highest BCUT2D eigenvalue weighted by atomic mass is 16.2. The maximum Gasteiger partial charge on any atom is 0.237 e. The number of carbonyl (C=O) groups is 2. The molecule has 0 fully saturated rings. The Bertz CT molecular complexity index is 478. The van der Waals surface area contributed by atoms with Gasteiger partial charge in [-0.25, -0.2) is 0 Å². The van der Waals surface area contributed by atoms with Crippen LogP contribution >= 0.6 is 0 Å². The van der Waals surface area contributed by atoms with Crippen LogP contribution in [0, 0.1) is 12.3 Å². The van der Waals surface area contributed by atoms with E-state index in [1.165, 1.54) is 0 Å². The van der Waals surface area contributed by atoms with Gasteiger partial charge in [0.1, 0.15) is 6.29 Å². The van der Waals surface area contributed by atoms with Crippen molar-refractivity contribution in [1.82, 2.24) is 5.32 Å². The van der Waals surface area contributed by atoms with E-state index in [1.807, 2.05) is 52.0 Å². The number of nitrogens with one attached hydrogen (secondary N) is 1. The fraction of sp³-hybridized carbons (Fsp3) is 0.500. The maximum absolute atomic E-state index is 12.1. The summed E-state index contributed by atoms with van der Waals surface area (Å²) >= 11 is 0. The van der Waals surface area contributed by atoms with E-state index < -0.39 is 12.1 Å². The minimum atomic E-state index is -0.652. The molecule has 110 valence electrons. The molecule has 0 saturated carbocycles. The van der Waals surface area contributed by atoms with Gasteiger partial charge in [-0.2, -0.15) is 0 Å². The van der Waals surface area contributed by atoms with Crippen LogP contribution in [0.4, 0.5) is 0 Å². The van der Waals surface area contributed by atoms with Crippen molar-refractivity contribution in [2.24, 2.45) is 11.1 Å². The molecule has 0 aliphatic carbocycles. The molecule has 4 heteroatoms. The fourth-order valence-corrected chi connectivity index (χ4v) is 1.88. The predicted molar refractivity (Wildman–Crippen MR) is 80.3 cm³/mol. The smallest absolute Gasteiger partial charge is 0.237 e. The Morgan fingerprint density at radius 1 is 1.35 bits per heavy atom. The van der Waals surface area contributed by atoms with E-state index in [2.05, 4.69) is 5.32 Å². The first kappa shape index (κ1) is 16.4. The summed E-state index contributed by atoms with van der Waals surface area (Å²) in [6, 6.07) is 6.65. The molecule has 0 aliphatic rings. The molecule has 20 heavy (non-hydrogen) atoms. The van der Waals surface area contributed by atoms with Gasteiger partial charge in [0.05, 0.1) is 12.1 Å². The molecule has 1 amide bonds. The number of rotatable bonds is 5. The summed E-state index contributed by atoms with van der Waals surface area (Å²) in [5.74, 6) is -0.291. The Morgan fingerprint density at radius 3 is 2.45 bits per heavy atom. The van der Waals surface area contributed by atoms with Crippen LogP contribution in [-0.4, -0.2) is 24.3 Å². The van der Waals surface area contributed by atoms with Crippen molar-refractivity contribution < 1.29 is 9.59 Å². The number of aryl methyl sites for hydroxylation is 1. The highest BCUT2D eigenvalue weighted by Gasteiger charge is 2.27. The topological polar surface area (TPSA) is 72.2 Å². The van der Waals surface area contributed by atoms with Crippen molar-refractivity contribution >= 4 is 12.2 Å². The summed E-state index contributed by atoms with van der Waals surface area (Å²) in [4.78, 5) is 23.1. The van der Waals surface area contributed by atoms with Crippen LogP contribution in [0.3, 0.4) is 0 Å². The van der Waals surface area contributed by atoms with Crippen molar-refractivity contribution in [3.8, 4) is 0 Å². The minimum Gasteiger partial charge on any atom is -0.345 e. The average Bonchev–Trinajstić information content (AvgIpc) is 2.36. The summed E-state index contributed by atoms with van der Waals surface area (Å²) in [5.41, 5.74) is 7.78. The SMILES string of the molecule is Cc1ccccc1C[C@H](N)C(=O)N[C@H](C=O)C(C)(C)C. The molecule has 0 bridgehead atoms. The Morgan fingerprint density at radius 2 is 1.95 bits per heavy atom. The molecule has 0 radical (unpaired) electrons. The third-order valence-electron chi connectivity index (χ3n) is 3.40. The van der Waals surface area contributed by atoms with Crippen LogP contribution in [0.1, 0.15) is 31.9 Å². The monoisotopic (exact) mass is 276 g/mol. The molecule has 1 aromatic rings. The molecular weight excluding hydrogens is 252 g/mol. The molecule has 2 atom stereocenters. The molecule has 0 unspecified atom stereocenters. The molecule has 4 nitrogen and oxygen atoms in total. The van der Waals surface area contributed by atoms with Crippen molar-refractivity contribution in [3.63, 3.8) is 0 Å². The van der Waals surface area contributed by atoms with Crippen molar-refractivity contribution in [2.75, 3.05) is 0 Å². The van der Waals surface area contributed by atoms with E-state index >= 15 is 0 Å². The summed E-state index contributed by atoms with van der Waals surface area (Å²) in [5, 5.41) is 2.71. The van der Waals surface area contributed by atoms with Crippen molar-refractivity contribution in [1.29, 1.82) is 0 Å². The Labute approximate surface area is 120 Å². The lowest BCUT2D eigenvalue weighted by molar-refractivity contribution is -0.126. The highest BCUT2D eigenvalue weighted by Crippen LogP contribution is 2.17. The lowest BCUT2D eigenvalue weighted by Gasteiger charge is -2.28. The van der Waals surface area contributed by atoms with Gasteiger partial charge in [0.2, 0.25) is 5.91 Å². The fourth-order valence-electron chi connectivity index (χ4n) is 1.88. The van der Waals surface area contributed by atoms with Crippen LogP contribution in [-0.2, 0) is 16.0 Å². The van der Waals surface area contributed by atoms with Gasteiger partial charge in [-0.05, 0) is 29.9 Å². The molecule has 1 rings (SSSR count). The van der Waals surface area contributed by atoms with Gasteiger partial charge < -0.3 is 15.8 Å². The van der Waals surface area contributed by atoms with Crippen molar-refractivity contribution in [3.05, 3.63) is 35.4 Å². The first-order chi connectivity index (χ1) is 9.25. The first-order valence-corrected chi connectivity index (χ1v) is 6.81. The van der Waals surface area contributed by atoms with Gasteiger partial charge in [-0.15, -0.1) is 0 Å². The Balaban J connectivity index is 2.68. The van der Waals surface area contributed by atoms with Gasteiger partial charge in [0.15, 0.2) is 0 Å². The molecular formula is C16H24N2O2. The number of nitrogens with two attached hydrogens (primary N) is 1. The second-order valence-electron chi connectivity index (χ2n) is 6.23. The minimum absolute atomic E-state index is 0.291. The van der Waals surface area contributed by atoms with Crippen molar-refractivity contribution in [2.45, 2.75) is 46.2 Å². The second-order valence-corrected chi connectivity index (χ2v) is 6.23. The molecule has 0 saturated heterocycles.